The summed E-state index contributed by atoms with van der Waals surface area (Å²) in [4.78, 5) is 13.4. The lowest BCUT2D eigenvalue weighted by atomic mass is 10.3. The Morgan fingerprint density at radius 2 is 2.28 bits per heavy atom. The van der Waals surface area contributed by atoms with Crippen molar-refractivity contribution in [3.8, 4) is 0 Å². The average Bonchev–Trinajstić information content (AvgIpc) is 2.31. The summed E-state index contributed by atoms with van der Waals surface area (Å²) >= 11 is 3.14. The average molecular weight is 319 g/mol. The molecule has 0 aliphatic carbocycles. The molecule has 18 heavy (non-hydrogen) atoms. The summed E-state index contributed by atoms with van der Waals surface area (Å²) in [5.74, 6) is -0.811. The molecule has 6 heteroatoms. The van der Waals surface area contributed by atoms with Gasteiger partial charge < -0.3 is 10.4 Å². The van der Waals surface area contributed by atoms with E-state index in [0.29, 0.717) is 4.47 Å². The van der Waals surface area contributed by atoms with Gasteiger partial charge in [0, 0.05) is 10.5 Å². The summed E-state index contributed by atoms with van der Waals surface area (Å²) < 4.78 is 14.1. The quantitative estimate of drug-likeness (QED) is 0.871. The largest absolute Gasteiger partial charge is 0.395 e. The van der Waals surface area contributed by atoms with Crippen LogP contribution in [0.25, 0.3) is 0 Å². The van der Waals surface area contributed by atoms with E-state index >= 15 is 0 Å². The van der Waals surface area contributed by atoms with Crippen molar-refractivity contribution in [1.82, 2.24) is 4.90 Å². The first-order chi connectivity index (χ1) is 8.43. The van der Waals surface area contributed by atoms with Gasteiger partial charge in [0.05, 0.1) is 18.8 Å². The van der Waals surface area contributed by atoms with Crippen molar-refractivity contribution in [1.29, 1.82) is 0 Å². The molecule has 1 amide bonds. The predicted octanol–water partition coefficient (Wildman–Crippen LogP) is 1.84. The highest BCUT2D eigenvalue weighted by Gasteiger charge is 2.13. The van der Waals surface area contributed by atoms with Crippen molar-refractivity contribution in [2.45, 2.75) is 13.0 Å². The number of nitrogens with one attached hydrogen (secondary N) is 1. The molecule has 1 aromatic rings. The van der Waals surface area contributed by atoms with Crippen LogP contribution in [0.2, 0.25) is 0 Å². The first-order valence-electron chi connectivity index (χ1n) is 5.50. The van der Waals surface area contributed by atoms with Crippen LogP contribution in [0.3, 0.4) is 0 Å². The molecule has 0 heterocycles. The van der Waals surface area contributed by atoms with Crippen LogP contribution >= 0.6 is 15.9 Å². The number of likely N-dealkylation sites (N-methyl/N-ethyl adjacent to an activating group) is 1. The monoisotopic (exact) mass is 318 g/mol. The van der Waals surface area contributed by atoms with Gasteiger partial charge >= 0.3 is 0 Å². The van der Waals surface area contributed by atoms with Gasteiger partial charge in [0.2, 0.25) is 5.91 Å². The lowest BCUT2D eigenvalue weighted by Crippen LogP contribution is -2.38. The van der Waals surface area contributed by atoms with E-state index in [1.165, 1.54) is 12.1 Å². The summed E-state index contributed by atoms with van der Waals surface area (Å²) in [7, 11) is 1.72. The van der Waals surface area contributed by atoms with Crippen LogP contribution in [-0.2, 0) is 4.79 Å². The number of hydrogen-bond donors (Lipinski definition) is 2. The van der Waals surface area contributed by atoms with Gasteiger partial charge in [-0.05, 0) is 32.2 Å². The SMILES string of the molecule is CC(CO)N(C)CC(=O)Nc1ccc(Br)cc1F. The number of benzene rings is 1. The van der Waals surface area contributed by atoms with E-state index in [2.05, 4.69) is 21.2 Å². The van der Waals surface area contributed by atoms with Crippen LogP contribution < -0.4 is 5.32 Å². The molecule has 0 aliphatic heterocycles. The Labute approximate surface area is 114 Å². The van der Waals surface area contributed by atoms with E-state index in [1.54, 1.807) is 24.9 Å². The molecule has 0 fully saturated rings. The fourth-order valence-corrected chi connectivity index (χ4v) is 1.64. The number of aliphatic hydroxyl groups excluding tert-OH is 1. The Morgan fingerprint density at radius 3 is 2.83 bits per heavy atom. The fourth-order valence-electron chi connectivity index (χ4n) is 1.30. The highest BCUT2D eigenvalue weighted by atomic mass is 79.9. The van der Waals surface area contributed by atoms with E-state index < -0.39 is 5.82 Å². The summed E-state index contributed by atoms with van der Waals surface area (Å²) in [6.45, 7) is 1.86. The van der Waals surface area contributed by atoms with Crippen molar-refractivity contribution >= 4 is 27.5 Å². The molecule has 0 aromatic heterocycles. The Bertz CT molecular complexity index is 429. The first-order valence-corrected chi connectivity index (χ1v) is 6.29. The van der Waals surface area contributed by atoms with Gasteiger partial charge in [0.15, 0.2) is 0 Å². The van der Waals surface area contributed by atoms with Crippen LogP contribution in [0.15, 0.2) is 22.7 Å². The number of nitrogens with zero attached hydrogens (tertiary/aromatic N) is 1. The lowest BCUT2D eigenvalue weighted by Gasteiger charge is -2.22. The van der Waals surface area contributed by atoms with Crippen molar-refractivity contribution in [2.75, 3.05) is 25.5 Å². The zero-order valence-corrected chi connectivity index (χ0v) is 11.9. The number of carbonyl (C=O) groups excluding carboxylic acids is 1. The van der Waals surface area contributed by atoms with Gasteiger partial charge in [-0.3, -0.25) is 9.69 Å². The zero-order valence-electron chi connectivity index (χ0n) is 10.3. The third-order valence-corrected chi connectivity index (χ3v) is 3.11. The maximum Gasteiger partial charge on any atom is 0.238 e. The van der Waals surface area contributed by atoms with Crippen LogP contribution in [0.4, 0.5) is 10.1 Å². The maximum absolute atomic E-state index is 13.5. The molecule has 100 valence electrons. The number of rotatable bonds is 5. The Balaban J connectivity index is 2.59. The standard InChI is InChI=1S/C12H16BrFN2O2/c1-8(7-17)16(2)6-12(18)15-11-4-3-9(13)5-10(11)14/h3-5,8,17H,6-7H2,1-2H3,(H,15,18). The molecule has 1 atom stereocenters. The maximum atomic E-state index is 13.5. The Hall–Kier alpha value is -0.980. The minimum absolute atomic E-state index is 0.0313. The number of anilines is 1. The molecule has 2 N–H and O–H groups in total. The van der Waals surface area contributed by atoms with Gasteiger partial charge in [-0.2, -0.15) is 0 Å². The number of hydrogen-bond acceptors (Lipinski definition) is 3. The Kier molecular flexibility index (Phi) is 5.71. The second-order valence-electron chi connectivity index (χ2n) is 4.12. The summed E-state index contributed by atoms with van der Waals surface area (Å²) in [5.41, 5.74) is 0.147. The molecule has 4 nitrogen and oxygen atoms in total. The smallest absolute Gasteiger partial charge is 0.238 e. The molecule has 1 rings (SSSR count). The molecule has 0 spiro atoms. The number of amides is 1. The van der Waals surface area contributed by atoms with Gasteiger partial charge in [-0.1, -0.05) is 15.9 Å². The molecular weight excluding hydrogens is 303 g/mol. The van der Waals surface area contributed by atoms with E-state index in [0.717, 1.165) is 0 Å². The summed E-state index contributed by atoms with van der Waals surface area (Å²) in [6.07, 6.45) is 0. The third-order valence-electron chi connectivity index (χ3n) is 2.61. The van der Waals surface area contributed by atoms with Crippen LogP contribution in [0.1, 0.15) is 6.92 Å². The fraction of sp³-hybridized carbons (Fsp3) is 0.417. The molecule has 0 radical (unpaired) electrons. The van der Waals surface area contributed by atoms with Crippen molar-refractivity contribution in [3.63, 3.8) is 0 Å². The molecule has 0 bridgehead atoms. The van der Waals surface area contributed by atoms with Gasteiger partial charge in [0.25, 0.3) is 0 Å². The summed E-state index contributed by atoms with van der Waals surface area (Å²) in [6, 6.07) is 4.31. The highest BCUT2D eigenvalue weighted by Crippen LogP contribution is 2.19. The van der Waals surface area contributed by atoms with Crippen LogP contribution in [-0.4, -0.2) is 42.2 Å². The summed E-state index contributed by atoms with van der Waals surface area (Å²) in [5, 5.41) is 11.4. The first kappa shape index (κ1) is 15.1. The zero-order chi connectivity index (χ0) is 13.7. The second-order valence-corrected chi connectivity index (χ2v) is 5.03. The van der Waals surface area contributed by atoms with Gasteiger partial charge in [-0.25, -0.2) is 4.39 Å². The molecule has 0 aliphatic rings. The normalized spacial score (nSPS) is 12.6. The molecular formula is C12H16BrFN2O2. The third kappa shape index (κ3) is 4.36. The van der Waals surface area contributed by atoms with Crippen LogP contribution in [0.5, 0.6) is 0 Å². The Morgan fingerprint density at radius 1 is 1.61 bits per heavy atom. The lowest BCUT2D eigenvalue weighted by molar-refractivity contribution is -0.117. The molecule has 0 saturated heterocycles. The van der Waals surface area contributed by atoms with Crippen molar-refractivity contribution in [3.05, 3.63) is 28.5 Å². The minimum Gasteiger partial charge on any atom is -0.395 e. The van der Waals surface area contributed by atoms with Crippen molar-refractivity contribution in [2.24, 2.45) is 0 Å². The molecule has 1 unspecified atom stereocenters. The van der Waals surface area contributed by atoms with Gasteiger partial charge in [-0.15, -0.1) is 0 Å². The van der Waals surface area contributed by atoms with E-state index in [9.17, 15) is 9.18 Å². The van der Waals surface area contributed by atoms with Crippen molar-refractivity contribution < 1.29 is 14.3 Å². The highest BCUT2D eigenvalue weighted by molar-refractivity contribution is 9.10. The second kappa shape index (κ2) is 6.82. The van der Waals surface area contributed by atoms with E-state index in [-0.39, 0.29) is 30.8 Å². The number of halogens is 2. The topological polar surface area (TPSA) is 52.6 Å². The number of carbonyl (C=O) groups is 1. The van der Waals surface area contributed by atoms with E-state index in [4.69, 9.17) is 5.11 Å². The van der Waals surface area contributed by atoms with E-state index in [1.807, 2.05) is 0 Å². The predicted molar refractivity (Wildman–Crippen MR) is 71.9 cm³/mol. The van der Waals surface area contributed by atoms with Gasteiger partial charge in [0.1, 0.15) is 5.82 Å². The number of aliphatic hydroxyl groups is 1. The molecule has 0 saturated carbocycles. The molecule has 1 aromatic carbocycles. The minimum atomic E-state index is -0.490. The van der Waals surface area contributed by atoms with Crippen LogP contribution in [0, 0.1) is 5.82 Å².